The van der Waals surface area contributed by atoms with Gasteiger partial charge in [-0.1, -0.05) is 20.3 Å². The van der Waals surface area contributed by atoms with Gasteiger partial charge in [-0.2, -0.15) is 0 Å². The maximum atomic E-state index is 12.4. The molecule has 2 rings (SSSR count). The number of nitrogens with two attached hydrogens (primary N) is 1. The Kier molecular flexibility index (Phi) is 5.52. The quantitative estimate of drug-likeness (QED) is 0.820. The van der Waals surface area contributed by atoms with Crippen molar-refractivity contribution >= 4 is 17.3 Å². The summed E-state index contributed by atoms with van der Waals surface area (Å²) >= 11 is 0. The highest BCUT2D eigenvalue weighted by Crippen LogP contribution is 2.35. The second kappa shape index (κ2) is 7.38. The number of nitrogen functional groups attached to an aromatic ring is 1. The third kappa shape index (κ3) is 3.84. The van der Waals surface area contributed by atoms with Crippen LogP contribution in [0.2, 0.25) is 0 Å². The lowest BCUT2D eigenvalue weighted by atomic mass is 10.1. The Morgan fingerprint density at radius 1 is 1.45 bits per heavy atom. The number of hydrogen-bond acceptors (Lipinski definition) is 4. The van der Waals surface area contributed by atoms with Crippen LogP contribution in [0.1, 0.15) is 33.1 Å². The Morgan fingerprint density at radius 2 is 2.23 bits per heavy atom. The van der Waals surface area contributed by atoms with E-state index in [9.17, 15) is 4.79 Å². The number of rotatable bonds is 6. The zero-order chi connectivity index (χ0) is 16.1. The first kappa shape index (κ1) is 16.5. The first-order valence-corrected chi connectivity index (χ1v) is 8.10. The molecule has 5 nitrogen and oxygen atoms in total. The standard InChI is InChI=1S/C17H27N3O2/c1-4-6-9-19(3)17(21)12-20-11-14(5-2)22-16-10-13(18)7-8-15(16)20/h7-8,10,14H,4-6,9,11-12,18H2,1-3H3. The molecule has 0 saturated heterocycles. The molecular weight excluding hydrogens is 278 g/mol. The molecule has 1 aromatic rings. The van der Waals surface area contributed by atoms with Gasteiger partial charge in [-0.15, -0.1) is 0 Å². The minimum absolute atomic E-state index is 0.100. The normalized spacial score (nSPS) is 16.9. The predicted octanol–water partition coefficient (Wildman–Crippen LogP) is 2.50. The van der Waals surface area contributed by atoms with Crippen molar-refractivity contribution in [1.82, 2.24) is 4.90 Å². The van der Waals surface area contributed by atoms with E-state index in [0.29, 0.717) is 12.2 Å². The third-order valence-corrected chi connectivity index (χ3v) is 4.10. The van der Waals surface area contributed by atoms with Gasteiger partial charge in [-0.25, -0.2) is 0 Å². The summed E-state index contributed by atoms with van der Waals surface area (Å²) in [6, 6.07) is 5.64. The lowest BCUT2D eigenvalue weighted by molar-refractivity contribution is -0.128. The van der Waals surface area contributed by atoms with Crippen molar-refractivity contribution in [3.05, 3.63) is 18.2 Å². The number of unbranched alkanes of at least 4 members (excludes halogenated alkanes) is 1. The molecule has 122 valence electrons. The monoisotopic (exact) mass is 305 g/mol. The number of carbonyl (C=O) groups is 1. The van der Waals surface area contributed by atoms with Gasteiger partial charge >= 0.3 is 0 Å². The van der Waals surface area contributed by atoms with Crippen molar-refractivity contribution in [3.63, 3.8) is 0 Å². The van der Waals surface area contributed by atoms with Crippen LogP contribution in [0.4, 0.5) is 11.4 Å². The minimum atomic E-state index is 0.100. The van der Waals surface area contributed by atoms with Gasteiger partial charge in [0.1, 0.15) is 11.9 Å². The molecular formula is C17H27N3O2. The zero-order valence-electron chi connectivity index (χ0n) is 13.8. The topological polar surface area (TPSA) is 58.8 Å². The van der Waals surface area contributed by atoms with Gasteiger partial charge < -0.3 is 20.3 Å². The molecule has 22 heavy (non-hydrogen) atoms. The Bertz CT molecular complexity index is 519. The SMILES string of the molecule is CCCCN(C)C(=O)CN1CC(CC)Oc2cc(N)ccc21. The van der Waals surface area contributed by atoms with Crippen molar-refractivity contribution in [2.45, 2.75) is 39.2 Å². The van der Waals surface area contributed by atoms with Gasteiger partial charge in [0.15, 0.2) is 0 Å². The van der Waals surface area contributed by atoms with E-state index in [1.165, 1.54) is 0 Å². The van der Waals surface area contributed by atoms with Crippen molar-refractivity contribution in [3.8, 4) is 5.75 Å². The van der Waals surface area contributed by atoms with Crippen molar-refractivity contribution < 1.29 is 9.53 Å². The Morgan fingerprint density at radius 3 is 2.91 bits per heavy atom. The van der Waals surface area contributed by atoms with E-state index in [0.717, 1.165) is 43.8 Å². The molecule has 1 atom stereocenters. The maximum absolute atomic E-state index is 12.4. The first-order chi connectivity index (χ1) is 10.5. The van der Waals surface area contributed by atoms with Gasteiger partial charge in [-0.3, -0.25) is 4.79 Å². The molecule has 1 amide bonds. The van der Waals surface area contributed by atoms with E-state index in [1.54, 1.807) is 0 Å². The molecule has 1 aliphatic heterocycles. The minimum Gasteiger partial charge on any atom is -0.486 e. The highest BCUT2D eigenvalue weighted by Gasteiger charge is 2.26. The predicted molar refractivity (Wildman–Crippen MR) is 90.3 cm³/mol. The van der Waals surface area contributed by atoms with E-state index in [4.69, 9.17) is 10.5 Å². The largest absolute Gasteiger partial charge is 0.486 e. The summed E-state index contributed by atoms with van der Waals surface area (Å²) in [6.07, 6.45) is 3.14. The summed E-state index contributed by atoms with van der Waals surface area (Å²) in [6.45, 7) is 6.16. The van der Waals surface area contributed by atoms with E-state index < -0.39 is 0 Å². The zero-order valence-corrected chi connectivity index (χ0v) is 13.8. The van der Waals surface area contributed by atoms with E-state index >= 15 is 0 Å². The molecule has 1 aromatic carbocycles. The molecule has 0 spiro atoms. The van der Waals surface area contributed by atoms with Gasteiger partial charge in [-0.05, 0) is 25.0 Å². The molecule has 1 aliphatic rings. The highest BCUT2D eigenvalue weighted by atomic mass is 16.5. The summed E-state index contributed by atoms with van der Waals surface area (Å²) in [5, 5.41) is 0. The second-order valence-corrected chi connectivity index (χ2v) is 5.92. The number of ether oxygens (including phenoxy) is 1. The fraction of sp³-hybridized carbons (Fsp3) is 0.588. The molecule has 0 radical (unpaired) electrons. The first-order valence-electron chi connectivity index (χ1n) is 8.10. The lowest BCUT2D eigenvalue weighted by Crippen LogP contribution is -2.45. The smallest absolute Gasteiger partial charge is 0.241 e. The Labute approximate surface area is 133 Å². The van der Waals surface area contributed by atoms with Crippen LogP contribution >= 0.6 is 0 Å². The second-order valence-electron chi connectivity index (χ2n) is 5.92. The van der Waals surface area contributed by atoms with Crippen LogP contribution < -0.4 is 15.4 Å². The molecule has 0 fully saturated rings. The maximum Gasteiger partial charge on any atom is 0.241 e. The number of carbonyl (C=O) groups excluding carboxylic acids is 1. The summed E-state index contributed by atoms with van der Waals surface area (Å²) in [4.78, 5) is 16.3. The number of benzene rings is 1. The summed E-state index contributed by atoms with van der Waals surface area (Å²) < 4.78 is 5.95. The van der Waals surface area contributed by atoms with Crippen molar-refractivity contribution in [2.75, 3.05) is 37.3 Å². The average molecular weight is 305 g/mol. The molecule has 0 bridgehead atoms. The highest BCUT2D eigenvalue weighted by molar-refractivity contribution is 5.82. The number of likely N-dealkylation sites (N-methyl/N-ethyl adjacent to an activating group) is 1. The molecule has 1 heterocycles. The van der Waals surface area contributed by atoms with Crippen molar-refractivity contribution in [1.29, 1.82) is 0 Å². The van der Waals surface area contributed by atoms with E-state index in [1.807, 2.05) is 30.1 Å². The summed E-state index contributed by atoms with van der Waals surface area (Å²) in [5.41, 5.74) is 7.48. The molecule has 0 saturated carbocycles. The van der Waals surface area contributed by atoms with Crippen molar-refractivity contribution in [2.24, 2.45) is 0 Å². The molecule has 0 aliphatic carbocycles. The number of amides is 1. The van der Waals surface area contributed by atoms with E-state index in [2.05, 4.69) is 18.7 Å². The van der Waals surface area contributed by atoms with Crippen LogP contribution in [0.15, 0.2) is 18.2 Å². The summed E-state index contributed by atoms with van der Waals surface area (Å²) in [7, 11) is 1.87. The Balaban J connectivity index is 2.11. The Hall–Kier alpha value is -1.91. The molecule has 1 unspecified atom stereocenters. The third-order valence-electron chi connectivity index (χ3n) is 4.10. The van der Waals surface area contributed by atoms with Crippen LogP contribution in [0.3, 0.4) is 0 Å². The van der Waals surface area contributed by atoms with E-state index in [-0.39, 0.29) is 12.0 Å². The number of nitrogens with zero attached hydrogens (tertiary/aromatic N) is 2. The average Bonchev–Trinajstić information content (AvgIpc) is 2.51. The van der Waals surface area contributed by atoms with Gasteiger partial charge in [0, 0.05) is 25.3 Å². The number of hydrogen-bond donors (Lipinski definition) is 1. The number of anilines is 2. The van der Waals surface area contributed by atoms with Gasteiger partial charge in [0.25, 0.3) is 0 Å². The van der Waals surface area contributed by atoms with Crippen LogP contribution in [0.25, 0.3) is 0 Å². The fourth-order valence-electron chi connectivity index (χ4n) is 2.61. The van der Waals surface area contributed by atoms with Gasteiger partial charge in [0.05, 0.1) is 18.8 Å². The van der Waals surface area contributed by atoms with Crippen LogP contribution in [0, 0.1) is 0 Å². The van der Waals surface area contributed by atoms with Crippen LogP contribution in [0.5, 0.6) is 5.75 Å². The van der Waals surface area contributed by atoms with Crippen LogP contribution in [-0.4, -0.2) is 43.6 Å². The molecule has 0 aromatic heterocycles. The van der Waals surface area contributed by atoms with Crippen LogP contribution in [-0.2, 0) is 4.79 Å². The lowest BCUT2D eigenvalue weighted by Gasteiger charge is -2.36. The molecule has 2 N–H and O–H groups in total. The number of fused-ring (bicyclic) bond motifs is 1. The van der Waals surface area contributed by atoms with Gasteiger partial charge in [0.2, 0.25) is 5.91 Å². The summed E-state index contributed by atoms with van der Waals surface area (Å²) in [5.74, 6) is 0.926. The molecule has 5 heteroatoms. The fourth-order valence-corrected chi connectivity index (χ4v) is 2.61.